The first kappa shape index (κ1) is 15.2. The van der Waals surface area contributed by atoms with E-state index in [1.807, 2.05) is 0 Å². The number of unbranched alkanes of at least 4 members (excludes halogenated alkanes) is 2. The number of aryl methyl sites for hydroxylation is 1. The summed E-state index contributed by atoms with van der Waals surface area (Å²) >= 11 is 0. The molecule has 3 nitrogen and oxygen atoms in total. The van der Waals surface area contributed by atoms with Gasteiger partial charge in [-0.25, -0.2) is 8.78 Å². The van der Waals surface area contributed by atoms with Gasteiger partial charge in [-0.2, -0.15) is 0 Å². The Labute approximate surface area is 106 Å². The van der Waals surface area contributed by atoms with E-state index in [4.69, 9.17) is 0 Å². The molecule has 0 aliphatic rings. The topological polar surface area (TPSA) is 49.7 Å². The molecule has 0 amide bonds. The average Bonchev–Trinajstić information content (AvgIpc) is 2.31. The van der Waals surface area contributed by atoms with Gasteiger partial charge in [-0.1, -0.05) is 12.5 Å². The maximum absolute atomic E-state index is 13.3. The van der Waals surface area contributed by atoms with E-state index in [0.717, 1.165) is 18.9 Å². The molecular formula is C12H18F2O3Si. The molecule has 0 atom stereocenters. The molecule has 1 rings (SSSR count). The molecule has 6 heteroatoms. The third-order valence-electron chi connectivity index (χ3n) is 2.79. The van der Waals surface area contributed by atoms with Crippen LogP contribution in [0.1, 0.15) is 24.8 Å². The fourth-order valence-electron chi connectivity index (χ4n) is 1.67. The maximum atomic E-state index is 13.3. The lowest BCUT2D eigenvalue weighted by Gasteiger charge is -2.13. The smallest absolute Gasteiger partial charge is 0.390 e. The second-order valence-corrected chi connectivity index (χ2v) is 6.64. The van der Waals surface area contributed by atoms with Crippen molar-refractivity contribution in [1.29, 1.82) is 0 Å². The monoisotopic (exact) mass is 276 g/mol. The molecule has 0 fully saturated rings. The second kappa shape index (κ2) is 6.94. The zero-order chi connectivity index (χ0) is 13.6. The molecular weight excluding hydrogens is 258 g/mol. The van der Waals surface area contributed by atoms with Crippen LogP contribution in [0.4, 0.5) is 8.78 Å². The molecule has 102 valence electrons. The second-order valence-electron chi connectivity index (χ2n) is 4.24. The minimum absolute atomic E-state index is 0.245. The molecule has 0 aliphatic heterocycles. The van der Waals surface area contributed by atoms with Gasteiger partial charge >= 0.3 is 8.80 Å². The Balaban J connectivity index is 2.26. The highest BCUT2D eigenvalue weighted by atomic mass is 28.4. The van der Waals surface area contributed by atoms with Crippen LogP contribution in [0.15, 0.2) is 18.2 Å². The lowest BCUT2D eigenvalue weighted by Crippen LogP contribution is -2.37. The zero-order valence-electron chi connectivity index (χ0n) is 10.3. The predicted molar refractivity (Wildman–Crippen MR) is 65.9 cm³/mol. The molecule has 18 heavy (non-hydrogen) atoms. The van der Waals surface area contributed by atoms with Gasteiger partial charge in [0, 0.05) is 19.2 Å². The summed E-state index contributed by atoms with van der Waals surface area (Å²) in [7, 11) is -2.17. The third-order valence-corrected chi connectivity index (χ3v) is 4.45. The van der Waals surface area contributed by atoms with Gasteiger partial charge in [0.2, 0.25) is 0 Å². The SMILES string of the molecule is CO[Si](O)(O)CCCCCc1ccc(F)cc1F. The van der Waals surface area contributed by atoms with E-state index in [1.54, 1.807) is 0 Å². The fraction of sp³-hybridized carbons (Fsp3) is 0.500. The number of halogens is 2. The van der Waals surface area contributed by atoms with E-state index in [-0.39, 0.29) is 6.04 Å². The highest BCUT2D eigenvalue weighted by Crippen LogP contribution is 2.15. The quantitative estimate of drug-likeness (QED) is 0.593. The van der Waals surface area contributed by atoms with Gasteiger partial charge in [-0.05, 0) is 30.9 Å². The van der Waals surface area contributed by atoms with E-state index < -0.39 is 20.4 Å². The van der Waals surface area contributed by atoms with Crippen molar-refractivity contribution in [3.8, 4) is 0 Å². The van der Waals surface area contributed by atoms with E-state index in [1.165, 1.54) is 19.2 Å². The maximum Gasteiger partial charge on any atom is 0.495 e. The number of hydrogen-bond donors (Lipinski definition) is 2. The Kier molecular flexibility index (Phi) is 5.87. The molecule has 0 saturated carbocycles. The van der Waals surface area contributed by atoms with Crippen LogP contribution in [0.25, 0.3) is 0 Å². The van der Waals surface area contributed by atoms with Crippen LogP contribution in [0.5, 0.6) is 0 Å². The first-order valence-corrected chi connectivity index (χ1v) is 7.89. The lowest BCUT2D eigenvalue weighted by atomic mass is 10.1. The summed E-state index contributed by atoms with van der Waals surface area (Å²) in [5, 5.41) is 0. The van der Waals surface area contributed by atoms with E-state index in [9.17, 15) is 18.4 Å². The minimum atomic E-state index is -3.45. The van der Waals surface area contributed by atoms with E-state index >= 15 is 0 Å². The first-order valence-electron chi connectivity index (χ1n) is 5.88. The highest BCUT2D eigenvalue weighted by Gasteiger charge is 2.29. The van der Waals surface area contributed by atoms with Crippen LogP contribution in [0, 0.1) is 11.6 Å². The zero-order valence-corrected chi connectivity index (χ0v) is 11.3. The van der Waals surface area contributed by atoms with Crippen molar-refractivity contribution in [2.75, 3.05) is 7.11 Å². The summed E-state index contributed by atoms with van der Waals surface area (Å²) in [6, 6.07) is 3.80. The van der Waals surface area contributed by atoms with Crippen LogP contribution in [-0.4, -0.2) is 25.5 Å². The molecule has 0 radical (unpaired) electrons. The van der Waals surface area contributed by atoms with Crippen molar-refractivity contribution >= 4 is 8.80 Å². The van der Waals surface area contributed by atoms with Crippen LogP contribution in [-0.2, 0) is 10.8 Å². The first-order chi connectivity index (χ1) is 8.44. The highest BCUT2D eigenvalue weighted by molar-refractivity contribution is 6.57. The molecule has 1 aromatic rings. The third kappa shape index (κ3) is 5.22. The Hall–Kier alpha value is -0.823. The van der Waals surface area contributed by atoms with Crippen LogP contribution in [0.3, 0.4) is 0 Å². The van der Waals surface area contributed by atoms with Gasteiger partial charge in [0.25, 0.3) is 0 Å². The minimum Gasteiger partial charge on any atom is -0.390 e. The van der Waals surface area contributed by atoms with Gasteiger partial charge < -0.3 is 14.0 Å². The van der Waals surface area contributed by atoms with Crippen molar-refractivity contribution in [3.05, 3.63) is 35.4 Å². The standard InChI is InChI=1S/C12H18F2O3Si/c1-17-18(15,16)8-4-2-3-5-10-6-7-11(13)9-12(10)14/h6-7,9,15-16H,2-5,8H2,1H3. The number of rotatable bonds is 7. The molecule has 1 aromatic carbocycles. The van der Waals surface area contributed by atoms with Gasteiger partial charge in [0.05, 0.1) is 0 Å². The summed E-state index contributed by atoms with van der Waals surface area (Å²) in [6.45, 7) is 0. The summed E-state index contributed by atoms with van der Waals surface area (Å²) < 4.78 is 30.5. The molecule has 2 N–H and O–H groups in total. The van der Waals surface area contributed by atoms with Crippen molar-refractivity contribution in [3.63, 3.8) is 0 Å². The molecule has 0 aromatic heterocycles. The van der Waals surface area contributed by atoms with Crippen LogP contribution in [0.2, 0.25) is 6.04 Å². The molecule has 0 aliphatic carbocycles. The number of hydrogen-bond acceptors (Lipinski definition) is 3. The average molecular weight is 276 g/mol. The van der Waals surface area contributed by atoms with Gasteiger partial charge in [0.15, 0.2) is 0 Å². The van der Waals surface area contributed by atoms with Gasteiger partial charge in [-0.15, -0.1) is 0 Å². The Bertz CT molecular complexity index is 386. The number of benzene rings is 1. The largest absolute Gasteiger partial charge is 0.495 e. The van der Waals surface area contributed by atoms with Crippen LogP contribution < -0.4 is 0 Å². The van der Waals surface area contributed by atoms with E-state index in [2.05, 4.69) is 4.43 Å². The predicted octanol–water partition coefficient (Wildman–Crippen LogP) is 2.25. The molecule has 0 saturated heterocycles. The Morgan fingerprint density at radius 2 is 1.89 bits per heavy atom. The van der Waals surface area contributed by atoms with Crippen molar-refractivity contribution < 1.29 is 22.8 Å². The summed E-state index contributed by atoms with van der Waals surface area (Å²) in [6.07, 6.45) is 2.60. The molecule has 0 unspecified atom stereocenters. The van der Waals surface area contributed by atoms with E-state index in [0.29, 0.717) is 18.4 Å². The summed E-state index contributed by atoms with van der Waals surface area (Å²) in [4.78, 5) is 18.6. The lowest BCUT2D eigenvalue weighted by molar-refractivity contribution is 0.183. The summed E-state index contributed by atoms with van der Waals surface area (Å²) in [5.41, 5.74) is 0.486. The van der Waals surface area contributed by atoms with Gasteiger partial charge in [0.1, 0.15) is 11.6 Å². The normalized spacial score (nSPS) is 11.8. The Morgan fingerprint density at radius 1 is 1.17 bits per heavy atom. The fourth-order valence-corrected chi connectivity index (χ4v) is 2.59. The van der Waals surface area contributed by atoms with Crippen molar-refractivity contribution in [2.24, 2.45) is 0 Å². The molecule has 0 spiro atoms. The van der Waals surface area contributed by atoms with Crippen LogP contribution >= 0.6 is 0 Å². The summed E-state index contributed by atoms with van der Waals surface area (Å²) in [5.74, 6) is -1.10. The van der Waals surface area contributed by atoms with Gasteiger partial charge in [-0.3, -0.25) is 0 Å². The Morgan fingerprint density at radius 3 is 2.50 bits per heavy atom. The molecule has 0 bridgehead atoms. The van der Waals surface area contributed by atoms with Crippen molar-refractivity contribution in [2.45, 2.75) is 31.7 Å². The molecule has 0 heterocycles. The van der Waals surface area contributed by atoms with Crippen molar-refractivity contribution in [1.82, 2.24) is 0 Å².